The van der Waals surface area contributed by atoms with Gasteiger partial charge in [-0.25, -0.2) is 0 Å². The number of hydrogen-bond acceptors (Lipinski definition) is 7. The van der Waals surface area contributed by atoms with E-state index in [2.05, 4.69) is 22.8 Å². The molecule has 0 aromatic heterocycles. The van der Waals surface area contributed by atoms with Crippen molar-refractivity contribution in [1.29, 1.82) is 0 Å². The average molecular weight is 647 g/mol. The Morgan fingerprint density at radius 1 is 0.894 bits per heavy atom. The molecule has 3 atom stereocenters. The first-order chi connectivity index (χ1) is 22.7. The smallest absolute Gasteiger partial charge is 0.226 e. The van der Waals surface area contributed by atoms with E-state index >= 15 is 0 Å². The van der Waals surface area contributed by atoms with Crippen LogP contribution < -0.4 is 16.4 Å². The molecule has 9 heteroatoms. The first kappa shape index (κ1) is 36.4. The first-order valence-corrected chi connectivity index (χ1v) is 17.5. The quantitative estimate of drug-likeness (QED) is 0.199. The van der Waals surface area contributed by atoms with Crippen LogP contribution in [0.1, 0.15) is 69.1 Å². The Morgan fingerprint density at radius 3 is 2.19 bits per heavy atom. The van der Waals surface area contributed by atoms with E-state index in [1.54, 1.807) is 4.90 Å². The van der Waals surface area contributed by atoms with Gasteiger partial charge in [0, 0.05) is 43.8 Å². The van der Waals surface area contributed by atoms with Crippen molar-refractivity contribution in [3.63, 3.8) is 0 Å². The molecule has 0 spiro atoms. The summed E-state index contributed by atoms with van der Waals surface area (Å²) in [5, 5.41) is 6.46. The molecule has 2 aliphatic rings. The van der Waals surface area contributed by atoms with Crippen LogP contribution in [0.15, 0.2) is 54.6 Å². The summed E-state index contributed by atoms with van der Waals surface area (Å²) in [6.07, 6.45) is 4.89. The number of carbonyl (C=O) groups excluding carboxylic acids is 4. The number of ether oxygens (including phenoxy) is 1. The largest absolute Gasteiger partial charge is 0.378 e. The maximum Gasteiger partial charge on any atom is 0.226 e. The van der Waals surface area contributed by atoms with Crippen molar-refractivity contribution in [3.05, 3.63) is 71.3 Å². The number of nitrogens with one attached hydrogen (secondary N) is 2. The molecule has 0 bridgehead atoms. The topological polar surface area (TPSA) is 131 Å². The zero-order valence-corrected chi connectivity index (χ0v) is 28.3. The van der Waals surface area contributed by atoms with E-state index in [0.717, 1.165) is 31.2 Å². The van der Waals surface area contributed by atoms with Crippen molar-refractivity contribution >= 4 is 23.4 Å². The molecule has 2 aromatic carbocycles. The van der Waals surface area contributed by atoms with Gasteiger partial charge in [0.05, 0.1) is 25.8 Å². The van der Waals surface area contributed by atoms with E-state index in [0.29, 0.717) is 52.1 Å². The summed E-state index contributed by atoms with van der Waals surface area (Å²) >= 11 is 0. The van der Waals surface area contributed by atoms with Gasteiger partial charge < -0.3 is 26.0 Å². The Bertz CT molecular complexity index is 1290. The summed E-state index contributed by atoms with van der Waals surface area (Å²) in [5.41, 5.74) is 9.31. The molecule has 1 saturated heterocycles. The van der Waals surface area contributed by atoms with Gasteiger partial charge in [-0.3, -0.25) is 19.2 Å². The third-order valence-corrected chi connectivity index (χ3v) is 9.35. The monoisotopic (exact) mass is 646 g/mol. The van der Waals surface area contributed by atoms with Crippen LogP contribution in [-0.4, -0.2) is 79.8 Å². The van der Waals surface area contributed by atoms with Gasteiger partial charge in [-0.05, 0) is 67.7 Å². The Morgan fingerprint density at radius 2 is 1.55 bits per heavy atom. The summed E-state index contributed by atoms with van der Waals surface area (Å²) in [6.45, 7) is 6.78. The minimum Gasteiger partial charge on any atom is -0.378 e. The normalized spacial score (nSPS) is 16.8. The van der Waals surface area contributed by atoms with Crippen molar-refractivity contribution in [2.45, 2.75) is 83.7 Å². The Balaban J connectivity index is 1.42. The number of Topliss-reactive ketones (excluding diaryl/α,β-unsaturated/α-hetero) is 2. The van der Waals surface area contributed by atoms with Crippen LogP contribution in [0.25, 0.3) is 0 Å². The molecule has 0 radical (unpaired) electrons. The second-order valence-corrected chi connectivity index (χ2v) is 13.7. The fourth-order valence-corrected chi connectivity index (χ4v) is 6.77. The summed E-state index contributed by atoms with van der Waals surface area (Å²) in [4.78, 5) is 56.4. The molecule has 256 valence electrons. The number of benzene rings is 2. The maximum absolute atomic E-state index is 13.9. The third-order valence-electron chi connectivity index (χ3n) is 9.35. The number of rotatable bonds is 19. The Hall–Kier alpha value is -3.40. The van der Waals surface area contributed by atoms with E-state index in [-0.39, 0.29) is 54.7 Å². The molecule has 1 heterocycles. The Labute approximate surface area is 280 Å². The van der Waals surface area contributed by atoms with Crippen molar-refractivity contribution in [3.8, 4) is 0 Å². The minimum atomic E-state index is -0.736. The number of ketones is 2. The van der Waals surface area contributed by atoms with Crippen LogP contribution in [0.4, 0.5) is 0 Å². The van der Waals surface area contributed by atoms with E-state index < -0.39 is 17.9 Å². The van der Waals surface area contributed by atoms with Gasteiger partial charge in [0.15, 0.2) is 5.78 Å². The first-order valence-electron chi connectivity index (χ1n) is 17.5. The molecule has 0 saturated carbocycles. The second kappa shape index (κ2) is 18.8. The number of unbranched alkanes of at least 4 members (excludes halogenated alkanes) is 1. The highest BCUT2D eigenvalue weighted by Crippen LogP contribution is 2.23. The van der Waals surface area contributed by atoms with E-state index in [1.807, 2.05) is 56.3 Å². The second-order valence-electron chi connectivity index (χ2n) is 13.7. The maximum atomic E-state index is 13.9. The number of hydrogen-bond donors (Lipinski definition) is 3. The molecular formula is C38H54N4O5. The van der Waals surface area contributed by atoms with Crippen LogP contribution >= 0.6 is 0 Å². The molecule has 0 unspecified atom stereocenters. The number of nitrogens with two attached hydrogens (primary N) is 1. The van der Waals surface area contributed by atoms with Crippen LogP contribution in [0.2, 0.25) is 0 Å². The number of carbonyl (C=O) groups is 4. The molecular weight excluding hydrogens is 592 g/mol. The fourth-order valence-electron chi connectivity index (χ4n) is 6.77. The highest BCUT2D eigenvalue weighted by Gasteiger charge is 2.33. The number of morpholine rings is 1. The lowest BCUT2D eigenvalue weighted by atomic mass is 9.88. The lowest BCUT2D eigenvalue weighted by molar-refractivity contribution is -0.142. The van der Waals surface area contributed by atoms with Crippen molar-refractivity contribution in [1.82, 2.24) is 15.5 Å². The molecule has 47 heavy (non-hydrogen) atoms. The zero-order chi connectivity index (χ0) is 33.6. The molecule has 9 nitrogen and oxygen atoms in total. The van der Waals surface area contributed by atoms with Crippen molar-refractivity contribution < 1.29 is 23.9 Å². The minimum absolute atomic E-state index is 0.0279. The summed E-state index contributed by atoms with van der Waals surface area (Å²) < 4.78 is 5.43. The van der Waals surface area contributed by atoms with Gasteiger partial charge in [-0.1, -0.05) is 74.9 Å². The van der Waals surface area contributed by atoms with E-state index in [4.69, 9.17) is 10.5 Å². The van der Waals surface area contributed by atoms with Gasteiger partial charge in [-0.2, -0.15) is 0 Å². The standard InChI is InChI=1S/C38H54N4O5/c1-27(2)20-35(36(44)25-31(14-8-9-15-39)38(46)42-16-18-47-19-17-42)41-37(45)32(21-28-10-4-3-5-11-28)24-34(43)26-40-33-22-29-12-6-7-13-30(29)23-33/h3-7,10-13,27,31-33,35,40H,8-9,14-26,39H2,1-2H3,(H,41,45)/t31-,32-,35+/m0/s1. The molecule has 1 aliphatic heterocycles. The van der Waals surface area contributed by atoms with Gasteiger partial charge in [0.1, 0.15) is 5.78 Å². The predicted octanol–water partition coefficient (Wildman–Crippen LogP) is 3.66. The third kappa shape index (κ3) is 11.7. The summed E-state index contributed by atoms with van der Waals surface area (Å²) in [5.74, 6) is -1.44. The molecule has 4 N–H and O–H groups in total. The molecule has 2 aromatic rings. The lowest BCUT2D eigenvalue weighted by Gasteiger charge is -2.31. The highest BCUT2D eigenvalue weighted by atomic mass is 16.5. The molecule has 4 rings (SSSR count). The van der Waals surface area contributed by atoms with Gasteiger partial charge >= 0.3 is 0 Å². The molecule has 1 fully saturated rings. The van der Waals surface area contributed by atoms with Gasteiger partial charge in [0.25, 0.3) is 0 Å². The summed E-state index contributed by atoms with van der Waals surface area (Å²) in [6, 6.07) is 17.5. The van der Waals surface area contributed by atoms with Crippen molar-refractivity contribution in [2.75, 3.05) is 39.4 Å². The predicted molar refractivity (Wildman–Crippen MR) is 184 cm³/mol. The average Bonchev–Trinajstić information content (AvgIpc) is 3.50. The SMILES string of the molecule is CC(C)C[C@@H](NC(=O)[C@H](CC(=O)CNC1Cc2ccccc2C1)Cc1ccccc1)C(=O)C[C@H](CCCCN)C(=O)N1CCOCC1. The van der Waals surface area contributed by atoms with Crippen LogP contribution in [-0.2, 0) is 43.2 Å². The van der Waals surface area contributed by atoms with Gasteiger partial charge in [0.2, 0.25) is 11.8 Å². The van der Waals surface area contributed by atoms with Crippen LogP contribution in [0.5, 0.6) is 0 Å². The zero-order valence-electron chi connectivity index (χ0n) is 28.3. The molecule has 2 amide bonds. The number of amides is 2. The fraction of sp³-hybridized carbons (Fsp3) is 0.579. The highest BCUT2D eigenvalue weighted by molar-refractivity contribution is 5.94. The van der Waals surface area contributed by atoms with E-state index in [9.17, 15) is 19.2 Å². The van der Waals surface area contributed by atoms with Crippen LogP contribution in [0, 0.1) is 17.8 Å². The van der Waals surface area contributed by atoms with E-state index in [1.165, 1.54) is 11.1 Å². The summed E-state index contributed by atoms with van der Waals surface area (Å²) in [7, 11) is 0. The van der Waals surface area contributed by atoms with Gasteiger partial charge in [-0.15, -0.1) is 0 Å². The number of nitrogens with zero attached hydrogens (tertiary/aromatic N) is 1. The molecule has 1 aliphatic carbocycles. The number of fused-ring (bicyclic) bond motifs is 1. The van der Waals surface area contributed by atoms with Crippen LogP contribution in [0.3, 0.4) is 0 Å². The lowest BCUT2D eigenvalue weighted by Crippen LogP contribution is -2.48. The van der Waals surface area contributed by atoms with Crippen molar-refractivity contribution in [2.24, 2.45) is 23.5 Å². The Kier molecular flexibility index (Phi) is 14.6.